The van der Waals surface area contributed by atoms with E-state index in [0.717, 1.165) is 22.2 Å². The van der Waals surface area contributed by atoms with Crippen molar-refractivity contribution in [2.24, 2.45) is 0 Å². The molecule has 0 unspecified atom stereocenters. The molecule has 0 fully saturated rings. The second-order valence-corrected chi connectivity index (χ2v) is 4.54. The topological polar surface area (TPSA) is 70.3 Å². The van der Waals surface area contributed by atoms with Crippen LogP contribution in [0.15, 0.2) is 35.2 Å². The molecule has 1 aromatic rings. The molecule has 0 aliphatic rings. The number of thiocyanates is 1. The van der Waals surface area contributed by atoms with Gasteiger partial charge >= 0.3 is 5.97 Å². The third-order valence-electron chi connectivity index (χ3n) is 2.34. The number of aryl methyl sites for hydroxylation is 1. The van der Waals surface area contributed by atoms with Crippen molar-refractivity contribution in [2.45, 2.75) is 24.7 Å². The Balaban J connectivity index is 2.55. The number of ether oxygens (including phenoxy) is 1. The minimum absolute atomic E-state index is 0.201. The number of carbonyl (C=O) groups is 1. The van der Waals surface area contributed by atoms with Crippen LogP contribution in [0, 0.1) is 10.7 Å². The van der Waals surface area contributed by atoms with Crippen LogP contribution >= 0.6 is 11.8 Å². The van der Waals surface area contributed by atoms with Gasteiger partial charge in [-0.2, -0.15) is 5.26 Å². The maximum absolute atomic E-state index is 11.1. The van der Waals surface area contributed by atoms with E-state index in [9.17, 15) is 9.90 Å². The van der Waals surface area contributed by atoms with Crippen molar-refractivity contribution in [1.82, 2.24) is 0 Å². The molecule has 0 atom stereocenters. The van der Waals surface area contributed by atoms with Gasteiger partial charge in [0.15, 0.2) is 0 Å². The maximum Gasteiger partial charge on any atom is 0.330 e. The van der Waals surface area contributed by atoms with Crippen molar-refractivity contribution >= 4 is 17.7 Å². The van der Waals surface area contributed by atoms with Crippen LogP contribution in [-0.2, 0) is 16.0 Å². The van der Waals surface area contributed by atoms with Gasteiger partial charge in [-0.1, -0.05) is 6.08 Å². The number of rotatable bonds is 6. The number of hydrogen-bond acceptors (Lipinski definition) is 5. The number of nitrogens with zero attached hydrogens (tertiary/aromatic N) is 1. The van der Waals surface area contributed by atoms with E-state index in [1.54, 1.807) is 31.2 Å². The van der Waals surface area contributed by atoms with Crippen LogP contribution < -0.4 is 0 Å². The molecule has 0 saturated carbocycles. The molecule has 1 N–H and O–H groups in total. The Labute approximate surface area is 116 Å². The van der Waals surface area contributed by atoms with Crippen LogP contribution in [0.25, 0.3) is 0 Å². The highest BCUT2D eigenvalue weighted by atomic mass is 32.2. The maximum atomic E-state index is 11.1. The summed E-state index contributed by atoms with van der Waals surface area (Å²) in [6, 6.07) is 5.05. The standard InChI is InChI=1S/C14H15NO3S/c1-2-18-14(17)6-4-3-5-11-9-12(19-10-15)7-8-13(11)16/h4,6-9,16H,2-3,5H2,1H3. The third kappa shape index (κ3) is 5.49. The highest BCUT2D eigenvalue weighted by Crippen LogP contribution is 2.25. The van der Waals surface area contributed by atoms with Crippen molar-refractivity contribution < 1.29 is 14.6 Å². The number of thioether (sulfide) groups is 1. The predicted molar refractivity (Wildman–Crippen MR) is 73.7 cm³/mol. The van der Waals surface area contributed by atoms with Crippen molar-refractivity contribution in [3.05, 3.63) is 35.9 Å². The normalized spacial score (nSPS) is 10.3. The van der Waals surface area contributed by atoms with Crippen LogP contribution in [0.3, 0.4) is 0 Å². The van der Waals surface area contributed by atoms with E-state index in [4.69, 9.17) is 10.00 Å². The zero-order valence-electron chi connectivity index (χ0n) is 10.6. The summed E-state index contributed by atoms with van der Waals surface area (Å²) in [4.78, 5) is 11.9. The number of carbonyl (C=O) groups excluding carboxylic acids is 1. The second kappa shape index (κ2) is 8.22. The lowest BCUT2D eigenvalue weighted by Crippen LogP contribution is -1.98. The van der Waals surface area contributed by atoms with Gasteiger partial charge < -0.3 is 9.84 Å². The molecule has 5 heteroatoms. The Morgan fingerprint density at radius 3 is 3.05 bits per heavy atom. The molecular weight excluding hydrogens is 262 g/mol. The fraction of sp³-hybridized carbons (Fsp3) is 0.286. The molecule has 100 valence electrons. The Morgan fingerprint density at radius 1 is 1.58 bits per heavy atom. The van der Waals surface area contributed by atoms with E-state index in [-0.39, 0.29) is 11.7 Å². The fourth-order valence-electron chi connectivity index (χ4n) is 1.49. The van der Waals surface area contributed by atoms with E-state index in [1.165, 1.54) is 6.08 Å². The Morgan fingerprint density at radius 2 is 2.37 bits per heavy atom. The summed E-state index contributed by atoms with van der Waals surface area (Å²) >= 11 is 1.05. The highest BCUT2D eigenvalue weighted by Gasteiger charge is 2.03. The minimum atomic E-state index is -0.361. The number of phenols is 1. The number of aromatic hydroxyl groups is 1. The summed E-state index contributed by atoms with van der Waals surface area (Å²) in [6.45, 7) is 2.11. The van der Waals surface area contributed by atoms with E-state index < -0.39 is 0 Å². The van der Waals surface area contributed by atoms with Gasteiger partial charge in [0.1, 0.15) is 11.2 Å². The van der Waals surface area contributed by atoms with E-state index in [2.05, 4.69) is 0 Å². The van der Waals surface area contributed by atoms with Gasteiger partial charge in [-0.25, -0.2) is 4.79 Å². The average molecular weight is 277 g/mol. The molecule has 0 spiro atoms. The van der Waals surface area contributed by atoms with Crippen molar-refractivity contribution in [3.63, 3.8) is 0 Å². The Kier molecular flexibility index (Phi) is 6.55. The molecule has 0 bridgehead atoms. The van der Waals surface area contributed by atoms with Gasteiger partial charge in [0.2, 0.25) is 0 Å². The molecule has 0 aliphatic heterocycles. The molecular formula is C14H15NO3S. The predicted octanol–water partition coefficient (Wildman–Crippen LogP) is 3.02. The zero-order valence-corrected chi connectivity index (χ0v) is 11.4. The lowest BCUT2D eigenvalue weighted by atomic mass is 10.1. The number of nitriles is 1. The Hall–Kier alpha value is -1.93. The van der Waals surface area contributed by atoms with Gasteiger partial charge in [0.05, 0.1) is 6.61 Å². The van der Waals surface area contributed by atoms with Crippen LogP contribution in [-0.4, -0.2) is 17.7 Å². The molecule has 1 aromatic carbocycles. The molecule has 19 heavy (non-hydrogen) atoms. The monoisotopic (exact) mass is 277 g/mol. The first-order valence-electron chi connectivity index (χ1n) is 5.88. The number of hydrogen-bond donors (Lipinski definition) is 1. The molecule has 0 radical (unpaired) electrons. The van der Waals surface area contributed by atoms with E-state index >= 15 is 0 Å². The summed E-state index contributed by atoms with van der Waals surface area (Å²) in [6.07, 6.45) is 4.31. The zero-order chi connectivity index (χ0) is 14.1. The summed E-state index contributed by atoms with van der Waals surface area (Å²) in [5.41, 5.74) is 0.758. The van der Waals surface area contributed by atoms with Crippen molar-refractivity contribution in [2.75, 3.05) is 6.61 Å². The largest absolute Gasteiger partial charge is 0.508 e. The van der Waals surface area contributed by atoms with Crippen molar-refractivity contribution in [3.8, 4) is 11.2 Å². The smallest absolute Gasteiger partial charge is 0.330 e. The quantitative estimate of drug-likeness (QED) is 0.374. The van der Waals surface area contributed by atoms with Gasteiger partial charge in [-0.3, -0.25) is 0 Å². The molecule has 0 heterocycles. The third-order valence-corrected chi connectivity index (χ3v) is 2.92. The first-order chi connectivity index (χ1) is 9.17. The minimum Gasteiger partial charge on any atom is -0.508 e. The molecule has 0 saturated heterocycles. The molecule has 0 aromatic heterocycles. The van der Waals surface area contributed by atoms with Gasteiger partial charge in [0.25, 0.3) is 0 Å². The van der Waals surface area contributed by atoms with Crippen molar-refractivity contribution in [1.29, 1.82) is 5.26 Å². The SMILES string of the molecule is CCOC(=O)C=CCCc1cc(SC#N)ccc1O. The average Bonchev–Trinajstić information content (AvgIpc) is 2.39. The van der Waals surface area contributed by atoms with Gasteiger partial charge in [-0.05, 0) is 55.3 Å². The molecule has 1 rings (SSSR count). The summed E-state index contributed by atoms with van der Waals surface area (Å²) in [5, 5.41) is 20.3. The van der Waals surface area contributed by atoms with Crippen LogP contribution in [0.5, 0.6) is 5.75 Å². The van der Waals surface area contributed by atoms with Crippen LogP contribution in [0.1, 0.15) is 18.9 Å². The first kappa shape index (κ1) is 15.1. The summed E-state index contributed by atoms with van der Waals surface area (Å²) < 4.78 is 4.75. The number of benzene rings is 1. The summed E-state index contributed by atoms with van der Waals surface area (Å²) in [7, 11) is 0. The molecule has 4 nitrogen and oxygen atoms in total. The number of allylic oxidation sites excluding steroid dienone is 1. The van der Waals surface area contributed by atoms with Gasteiger partial charge in [0, 0.05) is 11.0 Å². The Bertz CT molecular complexity index is 506. The fourth-order valence-corrected chi connectivity index (χ4v) is 1.93. The number of phenolic OH excluding ortho intramolecular Hbond substituents is 1. The second-order valence-electron chi connectivity index (χ2n) is 3.68. The lowest BCUT2D eigenvalue weighted by Gasteiger charge is -2.04. The van der Waals surface area contributed by atoms with Crippen LogP contribution in [0.2, 0.25) is 0 Å². The molecule has 0 aliphatic carbocycles. The molecule has 0 amide bonds. The van der Waals surface area contributed by atoms with Gasteiger partial charge in [-0.15, -0.1) is 0 Å². The van der Waals surface area contributed by atoms with E-state index in [1.807, 2.05) is 5.40 Å². The highest BCUT2D eigenvalue weighted by molar-refractivity contribution is 8.03. The lowest BCUT2D eigenvalue weighted by molar-refractivity contribution is -0.137. The summed E-state index contributed by atoms with van der Waals surface area (Å²) in [5.74, 6) is -0.160. The van der Waals surface area contributed by atoms with E-state index in [0.29, 0.717) is 19.4 Å². The van der Waals surface area contributed by atoms with Crippen LogP contribution in [0.4, 0.5) is 0 Å². The number of esters is 1. The first-order valence-corrected chi connectivity index (χ1v) is 6.70.